The number of Topliss-reactive ketones (excluding diaryl/α,β-unsaturated/α-hetero) is 1. The average molecular weight is 357 g/mol. The van der Waals surface area contributed by atoms with Crippen LogP contribution >= 0.6 is 22.7 Å². The third kappa shape index (κ3) is 3.72. The van der Waals surface area contributed by atoms with Gasteiger partial charge in [-0.2, -0.15) is 0 Å². The van der Waals surface area contributed by atoms with Crippen LogP contribution in [0.2, 0.25) is 0 Å². The van der Waals surface area contributed by atoms with E-state index in [1.54, 1.807) is 42.7 Å². The number of rotatable bonds is 4. The number of ketones is 1. The van der Waals surface area contributed by atoms with Gasteiger partial charge in [-0.15, -0.1) is 22.7 Å². The molecule has 0 aliphatic rings. The molecule has 0 unspecified atom stereocenters. The number of nitrogens with one attached hydrogen (secondary N) is 1. The molecule has 24 heavy (non-hydrogen) atoms. The van der Waals surface area contributed by atoms with E-state index in [4.69, 9.17) is 4.74 Å². The van der Waals surface area contributed by atoms with Crippen LogP contribution in [0.3, 0.4) is 0 Å². The number of aromatic amines is 1. The smallest absolute Gasteiger partial charge is 0.266 e. The Morgan fingerprint density at radius 3 is 2.50 bits per heavy atom. The summed E-state index contributed by atoms with van der Waals surface area (Å²) in [6, 6.07) is 10.9. The summed E-state index contributed by atoms with van der Waals surface area (Å²) in [4.78, 5) is 29.3. The van der Waals surface area contributed by atoms with Gasteiger partial charge in [-0.05, 0) is 49.4 Å². The number of benzene rings is 1. The van der Waals surface area contributed by atoms with E-state index in [2.05, 4.69) is 4.98 Å². The minimum Gasteiger partial charge on any atom is -0.497 e. The predicted molar refractivity (Wildman–Crippen MR) is 98.6 cm³/mol. The lowest BCUT2D eigenvalue weighted by atomic mass is 10.1. The molecular formula is C18H15NO3S2. The number of H-pyrrole nitrogens is 1. The van der Waals surface area contributed by atoms with Crippen molar-refractivity contribution in [3.05, 3.63) is 71.3 Å². The molecule has 0 radical (unpaired) electrons. The van der Waals surface area contributed by atoms with E-state index in [0.717, 1.165) is 4.88 Å². The molecule has 3 aromatic rings. The van der Waals surface area contributed by atoms with Crippen LogP contribution in [0.4, 0.5) is 0 Å². The first-order valence-electron chi connectivity index (χ1n) is 7.22. The summed E-state index contributed by atoms with van der Waals surface area (Å²) >= 11 is 2.90. The lowest BCUT2D eigenvalue weighted by molar-refractivity contribution is 0.106. The van der Waals surface area contributed by atoms with Gasteiger partial charge in [-0.25, -0.2) is 0 Å². The fourth-order valence-corrected chi connectivity index (χ4v) is 3.91. The lowest BCUT2D eigenvalue weighted by Gasteiger charge is -1.99. The number of hydrogen-bond donors (Lipinski definition) is 1. The van der Waals surface area contributed by atoms with Gasteiger partial charge in [0.1, 0.15) is 5.75 Å². The molecule has 2 heterocycles. The van der Waals surface area contributed by atoms with Crippen molar-refractivity contribution in [2.45, 2.75) is 6.92 Å². The van der Waals surface area contributed by atoms with Crippen LogP contribution in [0.15, 0.2) is 41.2 Å². The molecule has 0 amide bonds. The number of ether oxygens (including phenoxy) is 1. The topological polar surface area (TPSA) is 59.2 Å². The van der Waals surface area contributed by atoms with Crippen molar-refractivity contribution in [2.24, 2.45) is 0 Å². The minimum atomic E-state index is -0.181. The molecule has 0 spiro atoms. The Labute approximate surface area is 146 Å². The second-order valence-electron chi connectivity index (χ2n) is 5.11. The van der Waals surface area contributed by atoms with Crippen LogP contribution in [-0.4, -0.2) is 17.9 Å². The van der Waals surface area contributed by atoms with Crippen molar-refractivity contribution in [3.8, 4) is 5.75 Å². The largest absolute Gasteiger partial charge is 0.497 e. The molecule has 0 aliphatic heterocycles. The zero-order chi connectivity index (χ0) is 17.1. The second kappa shape index (κ2) is 6.98. The fraction of sp³-hybridized carbons (Fsp3) is 0.111. The number of thiophene rings is 1. The summed E-state index contributed by atoms with van der Waals surface area (Å²) in [6.07, 6.45) is 3.29. The van der Waals surface area contributed by atoms with Crippen molar-refractivity contribution in [1.82, 2.24) is 4.98 Å². The van der Waals surface area contributed by atoms with Crippen molar-refractivity contribution in [2.75, 3.05) is 7.11 Å². The Balaban J connectivity index is 1.93. The molecule has 4 nitrogen and oxygen atoms in total. The summed E-state index contributed by atoms with van der Waals surface area (Å²) in [5.41, 5.74) is 0.365. The first-order chi connectivity index (χ1) is 11.5. The number of aromatic nitrogens is 1. The van der Waals surface area contributed by atoms with Gasteiger partial charge in [0.25, 0.3) is 5.56 Å². The standard InChI is InChI=1S/C18H15NO3S2/c1-11-3-8-14(23-11)9-16-18(21)19-17(24-16)10-15(20)12-4-6-13(22-2)7-5-12/h3-10H,1-2H3,(H,19,21)/b16-9+,17-10-. The molecule has 0 saturated heterocycles. The van der Waals surface area contributed by atoms with Crippen LogP contribution < -0.4 is 19.5 Å². The van der Waals surface area contributed by atoms with Gasteiger partial charge < -0.3 is 9.72 Å². The lowest BCUT2D eigenvalue weighted by Crippen LogP contribution is -2.19. The minimum absolute atomic E-state index is 0.159. The molecule has 2 aromatic heterocycles. The molecule has 1 N–H and O–H groups in total. The van der Waals surface area contributed by atoms with Crippen molar-refractivity contribution >= 4 is 40.6 Å². The highest BCUT2D eigenvalue weighted by Crippen LogP contribution is 2.15. The summed E-state index contributed by atoms with van der Waals surface area (Å²) in [7, 11) is 1.58. The Kier molecular flexibility index (Phi) is 4.78. The number of thiazole rings is 1. The van der Waals surface area contributed by atoms with Gasteiger partial charge >= 0.3 is 0 Å². The van der Waals surface area contributed by atoms with Gasteiger partial charge in [0, 0.05) is 21.4 Å². The molecular weight excluding hydrogens is 342 g/mol. The highest BCUT2D eigenvalue weighted by molar-refractivity contribution is 7.13. The highest BCUT2D eigenvalue weighted by atomic mass is 32.1. The van der Waals surface area contributed by atoms with Gasteiger partial charge in [-0.3, -0.25) is 9.59 Å². The predicted octanol–water partition coefficient (Wildman–Crippen LogP) is 2.31. The molecule has 0 fully saturated rings. The van der Waals surface area contributed by atoms with E-state index in [0.29, 0.717) is 20.5 Å². The normalized spacial score (nSPS) is 12.6. The molecule has 0 saturated carbocycles. The van der Waals surface area contributed by atoms with Gasteiger partial charge in [0.05, 0.1) is 16.3 Å². The maximum atomic E-state index is 12.3. The van der Waals surface area contributed by atoms with E-state index in [-0.39, 0.29) is 11.3 Å². The molecule has 1 aromatic carbocycles. The van der Waals surface area contributed by atoms with E-state index < -0.39 is 0 Å². The number of hydrogen-bond acceptors (Lipinski definition) is 5. The summed E-state index contributed by atoms with van der Waals surface area (Å²) < 4.78 is 6.20. The zero-order valence-electron chi connectivity index (χ0n) is 13.2. The highest BCUT2D eigenvalue weighted by Gasteiger charge is 2.04. The Hall–Kier alpha value is -2.44. The van der Waals surface area contributed by atoms with Crippen LogP contribution in [0.25, 0.3) is 12.2 Å². The maximum Gasteiger partial charge on any atom is 0.266 e. The van der Waals surface area contributed by atoms with Crippen LogP contribution in [-0.2, 0) is 0 Å². The summed E-state index contributed by atoms with van der Waals surface area (Å²) in [5.74, 6) is 0.535. The van der Waals surface area contributed by atoms with Crippen LogP contribution in [0, 0.1) is 6.92 Å². The molecule has 0 atom stereocenters. The molecule has 0 bridgehead atoms. The third-order valence-corrected chi connectivity index (χ3v) is 5.26. The van der Waals surface area contributed by atoms with Crippen molar-refractivity contribution < 1.29 is 9.53 Å². The number of carbonyl (C=O) groups is 1. The Bertz CT molecular complexity index is 1040. The van der Waals surface area contributed by atoms with E-state index >= 15 is 0 Å². The fourth-order valence-electron chi connectivity index (χ4n) is 2.14. The first kappa shape index (κ1) is 16.4. The van der Waals surface area contributed by atoms with E-state index in [1.807, 2.05) is 25.1 Å². The third-order valence-electron chi connectivity index (χ3n) is 3.35. The van der Waals surface area contributed by atoms with Crippen LogP contribution in [0.5, 0.6) is 5.75 Å². The quantitative estimate of drug-likeness (QED) is 0.729. The van der Waals surface area contributed by atoms with Gasteiger partial charge in [-0.1, -0.05) is 0 Å². The Morgan fingerprint density at radius 1 is 1.12 bits per heavy atom. The number of methoxy groups -OCH3 is 1. The average Bonchev–Trinajstić information content (AvgIpc) is 3.13. The summed E-state index contributed by atoms with van der Waals surface area (Å²) in [5, 5.41) is 0. The number of aryl methyl sites for hydroxylation is 1. The summed E-state index contributed by atoms with van der Waals surface area (Å²) in [6.45, 7) is 2.02. The van der Waals surface area contributed by atoms with Gasteiger partial charge in [0.2, 0.25) is 0 Å². The molecule has 0 aliphatic carbocycles. The molecule has 3 rings (SSSR count). The van der Waals surface area contributed by atoms with Crippen molar-refractivity contribution in [3.63, 3.8) is 0 Å². The first-order valence-corrected chi connectivity index (χ1v) is 8.86. The second-order valence-corrected chi connectivity index (χ2v) is 7.52. The SMILES string of the molecule is COc1ccc(C(=O)/C=c2/[nH]c(=O)/c(=C\c3ccc(C)s3)s2)cc1. The Morgan fingerprint density at radius 2 is 1.88 bits per heavy atom. The maximum absolute atomic E-state index is 12.3. The van der Waals surface area contributed by atoms with Gasteiger partial charge in [0.15, 0.2) is 5.78 Å². The van der Waals surface area contributed by atoms with E-state index in [1.165, 1.54) is 22.3 Å². The molecule has 122 valence electrons. The monoisotopic (exact) mass is 357 g/mol. The molecule has 6 heteroatoms. The zero-order valence-corrected chi connectivity index (χ0v) is 14.8. The van der Waals surface area contributed by atoms with E-state index in [9.17, 15) is 9.59 Å². The van der Waals surface area contributed by atoms with Crippen LogP contribution in [0.1, 0.15) is 20.1 Å². The van der Waals surface area contributed by atoms with Crippen molar-refractivity contribution in [1.29, 1.82) is 0 Å². The number of carbonyl (C=O) groups excluding carboxylic acids is 1.